The van der Waals surface area contributed by atoms with Crippen LogP contribution in [-0.2, 0) is 6.54 Å². The monoisotopic (exact) mass is 359 g/mol. The summed E-state index contributed by atoms with van der Waals surface area (Å²) < 4.78 is 15.2. The summed E-state index contributed by atoms with van der Waals surface area (Å²) in [5, 5.41) is 2.97. The Labute approximate surface area is 158 Å². The van der Waals surface area contributed by atoms with Crippen LogP contribution < -0.4 is 0 Å². The lowest BCUT2D eigenvalue weighted by Gasteiger charge is -2.06. The topological polar surface area (TPSA) is 22.0 Å². The summed E-state index contributed by atoms with van der Waals surface area (Å²) in [6.07, 6.45) is 2.40. The van der Waals surface area contributed by atoms with Gasteiger partial charge in [0.2, 0.25) is 0 Å². The van der Waals surface area contributed by atoms with Gasteiger partial charge in [0.15, 0.2) is 5.78 Å². The molecule has 3 aromatic carbocycles. The van der Waals surface area contributed by atoms with E-state index in [4.69, 9.17) is 0 Å². The molecular formula is C24H22FNO. The number of nitrogens with zero attached hydrogens (tertiary/aromatic N) is 1. The number of para-hydroxylation sites is 1. The molecule has 0 aliphatic heterocycles. The van der Waals surface area contributed by atoms with E-state index in [2.05, 4.69) is 4.57 Å². The highest BCUT2D eigenvalue weighted by atomic mass is 19.1. The molecule has 1 aromatic heterocycles. The van der Waals surface area contributed by atoms with Gasteiger partial charge < -0.3 is 4.57 Å². The molecule has 2 nitrogen and oxygen atoms in total. The van der Waals surface area contributed by atoms with Crippen molar-refractivity contribution in [2.75, 3.05) is 0 Å². The maximum atomic E-state index is 13.4. The number of fused-ring (bicyclic) bond motifs is 2. The molecule has 0 amide bonds. The molecule has 1 atom stereocenters. The fraction of sp³-hybridized carbons (Fsp3) is 0.208. The Morgan fingerprint density at radius 2 is 1.63 bits per heavy atom. The molecule has 0 bridgehead atoms. The van der Waals surface area contributed by atoms with Gasteiger partial charge in [0.25, 0.3) is 0 Å². The van der Waals surface area contributed by atoms with E-state index in [0.717, 1.165) is 28.1 Å². The summed E-state index contributed by atoms with van der Waals surface area (Å²) in [6.45, 7) is 2.29. The number of rotatable bonds is 6. The molecule has 0 N–H and O–H groups in total. The van der Waals surface area contributed by atoms with Gasteiger partial charge in [0.1, 0.15) is 0 Å². The Morgan fingerprint density at radius 3 is 2.44 bits per heavy atom. The number of halogens is 1. The molecule has 136 valence electrons. The van der Waals surface area contributed by atoms with Crippen LogP contribution in [0.1, 0.15) is 35.7 Å². The van der Waals surface area contributed by atoms with Crippen LogP contribution in [0.4, 0.5) is 4.39 Å². The lowest BCUT2D eigenvalue weighted by atomic mass is 9.97. The van der Waals surface area contributed by atoms with Crippen molar-refractivity contribution in [3.05, 3.63) is 84.1 Å². The Bertz CT molecular complexity index is 1100. The molecule has 0 fully saturated rings. The molecule has 0 aliphatic rings. The minimum Gasteiger partial charge on any atom is -0.347 e. The van der Waals surface area contributed by atoms with Crippen LogP contribution in [0.3, 0.4) is 0 Å². The molecule has 3 heteroatoms. The summed E-state index contributed by atoms with van der Waals surface area (Å²) in [5.41, 5.74) is 2.44. The number of ketones is 1. The average molecular weight is 359 g/mol. The first-order valence-corrected chi connectivity index (χ1v) is 9.39. The zero-order chi connectivity index (χ0) is 18.8. The number of aromatic nitrogens is 1. The van der Waals surface area contributed by atoms with Crippen molar-refractivity contribution in [1.82, 2.24) is 4.57 Å². The van der Waals surface area contributed by atoms with Gasteiger partial charge in [-0.3, -0.25) is 4.79 Å². The molecule has 0 spiro atoms. The number of aryl methyl sites for hydroxylation is 1. The van der Waals surface area contributed by atoms with Gasteiger partial charge in [-0.1, -0.05) is 60.7 Å². The van der Waals surface area contributed by atoms with Crippen molar-refractivity contribution < 1.29 is 9.18 Å². The second-order valence-corrected chi connectivity index (χ2v) is 7.03. The standard InChI is InChI=1S/C24H22FNO/c1-17(25)8-7-15-26-16-22(20-12-4-5-14-23(20)26)24(27)21-13-6-10-18-9-2-3-11-19(18)21/h2-6,9-14,16-17H,7-8,15H2,1H3. The van der Waals surface area contributed by atoms with Crippen LogP contribution in [0.5, 0.6) is 0 Å². The van der Waals surface area contributed by atoms with E-state index in [1.165, 1.54) is 0 Å². The molecule has 1 heterocycles. The zero-order valence-corrected chi connectivity index (χ0v) is 15.4. The first kappa shape index (κ1) is 17.5. The Morgan fingerprint density at radius 1 is 0.926 bits per heavy atom. The minimum absolute atomic E-state index is 0.0283. The van der Waals surface area contributed by atoms with E-state index in [9.17, 15) is 9.18 Å². The smallest absolute Gasteiger partial charge is 0.195 e. The van der Waals surface area contributed by atoms with E-state index >= 15 is 0 Å². The van der Waals surface area contributed by atoms with Crippen LogP contribution in [0.15, 0.2) is 72.9 Å². The molecule has 4 aromatic rings. The molecule has 0 saturated heterocycles. The fourth-order valence-electron chi connectivity index (χ4n) is 3.72. The van der Waals surface area contributed by atoms with Gasteiger partial charge in [-0.25, -0.2) is 4.39 Å². The van der Waals surface area contributed by atoms with Crippen LogP contribution in [0.2, 0.25) is 0 Å². The highest BCUT2D eigenvalue weighted by Crippen LogP contribution is 2.27. The molecule has 0 aliphatic carbocycles. The number of benzene rings is 3. The second-order valence-electron chi connectivity index (χ2n) is 7.03. The summed E-state index contributed by atoms with van der Waals surface area (Å²) in [5.74, 6) is 0.0283. The lowest BCUT2D eigenvalue weighted by molar-refractivity contribution is 0.104. The fourth-order valence-corrected chi connectivity index (χ4v) is 3.72. The summed E-state index contributed by atoms with van der Waals surface area (Å²) >= 11 is 0. The normalized spacial score (nSPS) is 12.5. The van der Waals surface area contributed by atoms with Crippen LogP contribution in [0, 0.1) is 0 Å². The average Bonchev–Trinajstić information content (AvgIpc) is 3.06. The summed E-state index contributed by atoms with van der Waals surface area (Å²) in [6, 6.07) is 21.7. The molecule has 4 rings (SSSR count). The molecule has 0 radical (unpaired) electrons. The van der Waals surface area contributed by atoms with Crippen LogP contribution in [0.25, 0.3) is 21.7 Å². The summed E-state index contributed by atoms with van der Waals surface area (Å²) in [4.78, 5) is 13.4. The van der Waals surface area contributed by atoms with Gasteiger partial charge in [0, 0.05) is 34.8 Å². The van der Waals surface area contributed by atoms with Crippen molar-refractivity contribution in [3.8, 4) is 0 Å². The van der Waals surface area contributed by atoms with Gasteiger partial charge in [-0.2, -0.15) is 0 Å². The highest BCUT2D eigenvalue weighted by molar-refractivity contribution is 6.21. The van der Waals surface area contributed by atoms with E-state index in [-0.39, 0.29) is 5.78 Å². The maximum Gasteiger partial charge on any atom is 0.195 e. The van der Waals surface area contributed by atoms with Crippen LogP contribution >= 0.6 is 0 Å². The first-order valence-electron chi connectivity index (χ1n) is 9.39. The number of carbonyl (C=O) groups is 1. The third-order valence-corrected chi connectivity index (χ3v) is 5.07. The Balaban J connectivity index is 1.78. The lowest BCUT2D eigenvalue weighted by Crippen LogP contribution is -2.02. The van der Waals surface area contributed by atoms with Crippen molar-refractivity contribution in [1.29, 1.82) is 0 Å². The number of carbonyl (C=O) groups excluding carboxylic acids is 1. The van der Waals surface area contributed by atoms with Gasteiger partial charge in [-0.15, -0.1) is 0 Å². The van der Waals surface area contributed by atoms with E-state index in [1.807, 2.05) is 72.9 Å². The minimum atomic E-state index is -0.802. The van der Waals surface area contributed by atoms with Gasteiger partial charge in [-0.05, 0) is 36.6 Å². The number of alkyl halides is 1. The van der Waals surface area contributed by atoms with Crippen molar-refractivity contribution >= 4 is 27.5 Å². The van der Waals surface area contributed by atoms with Crippen molar-refractivity contribution in [3.63, 3.8) is 0 Å². The third kappa shape index (κ3) is 3.37. The zero-order valence-electron chi connectivity index (χ0n) is 15.4. The highest BCUT2D eigenvalue weighted by Gasteiger charge is 2.18. The van der Waals surface area contributed by atoms with E-state index in [1.54, 1.807) is 6.92 Å². The first-order chi connectivity index (χ1) is 13.1. The predicted octanol–water partition coefficient (Wildman–Crippen LogP) is 6.16. The summed E-state index contributed by atoms with van der Waals surface area (Å²) in [7, 11) is 0. The van der Waals surface area contributed by atoms with Crippen molar-refractivity contribution in [2.45, 2.75) is 32.5 Å². The molecule has 27 heavy (non-hydrogen) atoms. The maximum absolute atomic E-state index is 13.4. The quantitative estimate of drug-likeness (QED) is 0.378. The second kappa shape index (κ2) is 7.36. The van der Waals surface area contributed by atoms with E-state index < -0.39 is 6.17 Å². The Kier molecular flexibility index (Phi) is 4.76. The Hall–Kier alpha value is -2.94. The van der Waals surface area contributed by atoms with Gasteiger partial charge in [0.05, 0.1) is 6.17 Å². The van der Waals surface area contributed by atoms with Crippen molar-refractivity contribution in [2.24, 2.45) is 0 Å². The third-order valence-electron chi connectivity index (χ3n) is 5.07. The molecular weight excluding hydrogens is 337 g/mol. The SMILES string of the molecule is CC(F)CCCn1cc(C(=O)c2cccc3ccccc23)c2ccccc21. The number of hydrogen-bond donors (Lipinski definition) is 0. The predicted molar refractivity (Wildman–Crippen MR) is 109 cm³/mol. The largest absolute Gasteiger partial charge is 0.347 e. The molecule has 0 saturated carbocycles. The number of hydrogen-bond acceptors (Lipinski definition) is 1. The van der Waals surface area contributed by atoms with E-state index in [0.29, 0.717) is 24.1 Å². The molecule has 1 unspecified atom stereocenters. The van der Waals surface area contributed by atoms with Gasteiger partial charge >= 0.3 is 0 Å². The van der Waals surface area contributed by atoms with Crippen LogP contribution in [-0.4, -0.2) is 16.5 Å².